The number of pyridine rings is 2. The summed E-state index contributed by atoms with van der Waals surface area (Å²) < 4.78 is 38.0. The molecule has 1 N–H and O–H groups in total. The van der Waals surface area contributed by atoms with E-state index in [9.17, 15) is 13.2 Å². The van der Waals surface area contributed by atoms with Crippen LogP contribution in [0.5, 0.6) is 0 Å². The van der Waals surface area contributed by atoms with Gasteiger partial charge < -0.3 is 4.98 Å². The zero-order chi connectivity index (χ0) is 13.3. The summed E-state index contributed by atoms with van der Waals surface area (Å²) >= 11 is 4.81. The van der Waals surface area contributed by atoms with Crippen molar-refractivity contribution in [1.29, 1.82) is 0 Å². The van der Waals surface area contributed by atoms with Gasteiger partial charge in [0.05, 0.1) is 5.56 Å². The van der Waals surface area contributed by atoms with Crippen LogP contribution >= 0.6 is 12.2 Å². The third-order valence-electron chi connectivity index (χ3n) is 2.39. The molecule has 94 valence electrons. The molecule has 2 aromatic heterocycles. The van der Waals surface area contributed by atoms with Crippen LogP contribution in [0.4, 0.5) is 13.2 Å². The Morgan fingerprint density at radius 3 is 2.50 bits per heavy atom. The van der Waals surface area contributed by atoms with Gasteiger partial charge in [0.25, 0.3) is 0 Å². The van der Waals surface area contributed by atoms with Crippen LogP contribution in [-0.4, -0.2) is 9.97 Å². The Balaban J connectivity index is 2.55. The highest BCUT2D eigenvalue weighted by Gasteiger charge is 2.31. The van der Waals surface area contributed by atoms with E-state index < -0.39 is 11.7 Å². The molecule has 0 atom stereocenters. The Morgan fingerprint density at radius 2 is 1.94 bits per heavy atom. The van der Waals surface area contributed by atoms with E-state index in [1.54, 1.807) is 19.1 Å². The summed E-state index contributed by atoms with van der Waals surface area (Å²) in [7, 11) is 0. The summed E-state index contributed by atoms with van der Waals surface area (Å²) in [6, 6.07) is 5.36. The first kappa shape index (κ1) is 12.8. The number of hydrogen-bond acceptors (Lipinski definition) is 2. The quantitative estimate of drug-likeness (QED) is 0.789. The first-order valence-electron chi connectivity index (χ1n) is 5.11. The van der Waals surface area contributed by atoms with E-state index in [2.05, 4.69) is 9.97 Å². The fraction of sp³-hybridized carbons (Fsp3) is 0.167. The van der Waals surface area contributed by atoms with E-state index in [0.717, 1.165) is 17.8 Å². The molecule has 2 rings (SSSR count). The van der Waals surface area contributed by atoms with Gasteiger partial charge in [-0.25, -0.2) is 0 Å². The normalized spacial score (nSPS) is 11.6. The van der Waals surface area contributed by atoms with Crippen molar-refractivity contribution in [1.82, 2.24) is 9.97 Å². The van der Waals surface area contributed by atoms with Gasteiger partial charge in [-0.3, -0.25) is 4.98 Å². The van der Waals surface area contributed by atoms with Crippen LogP contribution in [0.1, 0.15) is 11.3 Å². The lowest BCUT2D eigenvalue weighted by molar-refractivity contribution is -0.137. The minimum atomic E-state index is -4.41. The van der Waals surface area contributed by atoms with E-state index in [1.165, 1.54) is 6.20 Å². The third kappa shape index (κ3) is 2.76. The molecule has 0 bridgehead atoms. The molecular weight excluding hydrogens is 261 g/mol. The zero-order valence-electron chi connectivity index (χ0n) is 9.38. The molecule has 0 saturated heterocycles. The second kappa shape index (κ2) is 4.53. The smallest absolute Gasteiger partial charge is 0.346 e. The molecule has 2 aromatic rings. The van der Waals surface area contributed by atoms with Crippen molar-refractivity contribution >= 4 is 12.2 Å². The Morgan fingerprint density at radius 1 is 1.22 bits per heavy atom. The van der Waals surface area contributed by atoms with Crippen molar-refractivity contribution in [3.8, 4) is 11.3 Å². The number of nitrogens with zero attached hydrogens (tertiary/aromatic N) is 1. The number of hydrogen-bond donors (Lipinski definition) is 1. The number of aromatic nitrogens is 2. The average molecular weight is 270 g/mol. The summed E-state index contributed by atoms with van der Waals surface area (Å²) in [5.74, 6) is 0. The number of rotatable bonds is 1. The van der Waals surface area contributed by atoms with Crippen molar-refractivity contribution in [3.63, 3.8) is 0 Å². The molecule has 2 heterocycles. The largest absolute Gasteiger partial charge is 0.416 e. The molecule has 0 aliphatic rings. The van der Waals surface area contributed by atoms with E-state index >= 15 is 0 Å². The Labute approximate surface area is 107 Å². The number of H-pyrrole nitrogens is 1. The van der Waals surface area contributed by atoms with Crippen molar-refractivity contribution in [2.75, 3.05) is 0 Å². The number of halogens is 3. The molecule has 6 heteroatoms. The lowest BCUT2D eigenvalue weighted by Crippen LogP contribution is -2.05. The van der Waals surface area contributed by atoms with Crippen LogP contribution in [-0.2, 0) is 6.18 Å². The highest BCUT2D eigenvalue weighted by molar-refractivity contribution is 7.71. The maximum atomic E-state index is 12.7. The molecule has 0 unspecified atom stereocenters. The standard InChI is InChI=1S/C12H9F3N2S/c1-7-2-3-8(6-16-7)10-4-9(12(13,14)15)5-11(18)17-10/h2-6H,1H3,(H,17,18). The molecule has 0 spiro atoms. The topological polar surface area (TPSA) is 28.7 Å². The molecular formula is C12H9F3N2S. The van der Waals surface area contributed by atoms with Gasteiger partial charge in [0.2, 0.25) is 0 Å². The van der Waals surface area contributed by atoms with Crippen molar-refractivity contribution in [2.24, 2.45) is 0 Å². The molecule has 18 heavy (non-hydrogen) atoms. The van der Waals surface area contributed by atoms with Crippen molar-refractivity contribution in [3.05, 3.63) is 46.4 Å². The summed E-state index contributed by atoms with van der Waals surface area (Å²) in [6.07, 6.45) is -2.90. The van der Waals surface area contributed by atoms with Gasteiger partial charge in [0, 0.05) is 23.1 Å². The summed E-state index contributed by atoms with van der Waals surface area (Å²) in [5.41, 5.74) is 0.909. The second-order valence-electron chi connectivity index (χ2n) is 3.83. The van der Waals surface area contributed by atoms with E-state index in [4.69, 9.17) is 12.2 Å². The summed E-state index contributed by atoms with van der Waals surface area (Å²) in [4.78, 5) is 6.77. The van der Waals surface area contributed by atoms with Crippen molar-refractivity contribution < 1.29 is 13.2 Å². The van der Waals surface area contributed by atoms with E-state index in [-0.39, 0.29) is 4.64 Å². The SMILES string of the molecule is Cc1ccc(-c2cc(C(F)(F)F)cc(=S)[nH]2)cn1. The van der Waals surface area contributed by atoms with Crippen LogP contribution in [0.15, 0.2) is 30.5 Å². The van der Waals surface area contributed by atoms with Crippen LogP contribution in [0.2, 0.25) is 0 Å². The maximum absolute atomic E-state index is 12.7. The Hall–Kier alpha value is -1.69. The van der Waals surface area contributed by atoms with Gasteiger partial charge in [-0.2, -0.15) is 13.2 Å². The Kier molecular flexibility index (Phi) is 3.21. The van der Waals surface area contributed by atoms with E-state index in [1.807, 2.05) is 0 Å². The van der Waals surface area contributed by atoms with Crippen LogP contribution in [0.25, 0.3) is 11.3 Å². The first-order chi connectivity index (χ1) is 8.36. The lowest BCUT2D eigenvalue weighted by Gasteiger charge is -2.09. The van der Waals surface area contributed by atoms with Gasteiger partial charge in [0.15, 0.2) is 0 Å². The van der Waals surface area contributed by atoms with E-state index in [0.29, 0.717) is 11.3 Å². The Bertz CT molecular complexity index is 614. The van der Waals surface area contributed by atoms with Gasteiger partial charge in [-0.05, 0) is 31.2 Å². The molecule has 2 nitrogen and oxygen atoms in total. The molecule has 0 saturated carbocycles. The third-order valence-corrected chi connectivity index (χ3v) is 2.61. The second-order valence-corrected chi connectivity index (χ2v) is 4.27. The predicted octanol–water partition coefficient (Wildman–Crippen LogP) is 4.13. The predicted molar refractivity (Wildman–Crippen MR) is 64.6 cm³/mol. The first-order valence-corrected chi connectivity index (χ1v) is 5.52. The fourth-order valence-corrected chi connectivity index (χ4v) is 1.73. The highest BCUT2D eigenvalue weighted by Crippen LogP contribution is 2.31. The molecule has 0 radical (unpaired) electrons. The fourth-order valence-electron chi connectivity index (χ4n) is 1.49. The maximum Gasteiger partial charge on any atom is 0.416 e. The number of aryl methyl sites for hydroxylation is 1. The van der Waals surface area contributed by atoms with Crippen LogP contribution in [0, 0.1) is 11.6 Å². The molecule has 0 aliphatic carbocycles. The minimum Gasteiger partial charge on any atom is -0.346 e. The summed E-state index contributed by atoms with van der Waals surface area (Å²) in [5, 5.41) is 0. The zero-order valence-corrected chi connectivity index (χ0v) is 10.2. The number of nitrogens with one attached hydrogen (secondary N) is 1. The minimum absolute atomic E-state index is 0.0420. The molecule has 0 fully saturated rings. The van der Waals surface area contributed by atoms with Gasteiger partial charge in [-0.15, -0.1) is 0 Å². The number of alkyl halides is 3. The van der Waals surface area contributed by atoms with Gasteiger partial charge in [0.1, 0.15) is 4.64 Å². The average Bonchev–Trinajstić information content (AvgIpc) is 2.28. The monoisotopic (exact) mass is 270 g/mol. The van der Waals surface area contributed by atoms with Crippen LogP contribution in [0.3, 0.4) is 0 Å². The van der Waals surface area contributed by atoms with Gasteiger partial charge in [-0.1, -0.05) is 12.2 Å². The molecule has 0 aromatic carbocycles. The van der Waals surface area contributed by atoms with Gasteiger partial charge >= 0.3 is 6.18 Å². The van der Waals surface area contributed by atoms with Crippen LogP contribution < -0.4 is 0 Å². The lowest BCUT2D eigenvalue weighted by atomic mass is 10.1. The molecule has 0 amide bonds. The number of aromatic amines is 1. The van der Waals surface area contributed by atoms with Crippen molar-refractivity contribution in [2.45, 2.75) is 13.1 Å². The molecule has 0 aliphatic heterocycles. The summed E-state index contributed by atoms with van der Waals surface area (Å²) in [6.45, 7) is 1.80. The highest BCUT2D eigenvalue weighted by atomic mass is 32.1.